The molecule has 0 amide bonds. The lowest BCUT2D eigenvalue weighted by molar-refractivity contribution is -0.119. The van der Waals surface area contributed by atoms with E-state index in [0.717, 1.165) is 63.4 Å². The van der Waals surface area contributed by atoms with Crippen LogP contribution in [-0.2, 0) is 16.9 Å². The zero-order valence-electron chi connectivity index (χ0n) is 17.3. The standard InChI is InChI=1S/C25H29N3O2/c29-25(21-6-2-1-3-7-21)11-13-27(19-24(25)28-14-16-30-17-15-28)18-20-10-12-26-23-9-5-4-8-22(20)23/h1-10,12,24,29H,11,13-19H2/t24-,25+/m1/s1. The van der Waals surface area contributed by atoms with Gasteiger partial charge in [0.1, 0.15) is 5.60 Å². The maximum absolute atomic E-state index is 11.9. The van der Waals surface area contributed by atoms with Gasteiger partial charge in [-0.3, -0.25) is 14.8 Å². The highest BCUT2D eigenvalue weighted by Gasteiger charge is 2.45. The summed E-state index contributed by atoms with van der Waals surface area (Å²) < 4.78 is 5.59. The topological polar surface area (TPSA) is 48.8 Å². The van der Waals surface area contributed by atoms with E-state index >= 15 is 0 Å². The molecule has 1 N–H and O–H groups in total. The SMILES string of the molecule is O[C@]1(c2ccccc2)CCN(Cc2ccnc3ccccc23)C[C@H]1N1CCOCC1. The second-order valence-electron chi connectivity index (χ2n) is 8.43. The van der Waals surface area contributed by atoms with Crippen LogP contribution in [0.25, 0.3) is 10.9 Å². The maximum Gasteiger partial charge on any atom is 0.108 e. The minimum atomic E-state index is -0.838. The zero-order chi connectivity index (χ0) is 20.4. The van der Waals surface area contributed by atoms with Crippen LogP contribution in [0.2, 0.25) is 0 Å². The average Bonchev–Trinajstić information content (AvgIpc) is 2.82. The Morgan fingerprint density at radius 1 is 0.967 bits per heavy atom. The Morgan fingerprint density at radius 3 is 2.57 bits per heavy atom. The summed E-state index contributed by atoms with van der Waals surface area (Å²) in [4.78, 5) is 9.41. The highest BCUT2D eigenvalue weighted by molar-refractivity contribution is 5.81. The van der Waals surface area contributed by atoms with E-state index in [4.69, 9.17) is 4.74 Å². The molecular formula is C25H29N3O2. The fraction of sp³-hybridized carbons (Fsp3) is 0.400. The fourth-order valence-corrected chi connectivity index (χ4v) is 5.03. The summed E-state index contributed by atoms with van der Waals surface area (Å²) in [5.41, 5.74) is 2.52. The van der Waals surface area contributed by atoms with Crippen molar-refractivity contribution in [3.8, 4) is 0 Å². The number of hydrogen-bond donors (Lipinski definition) is 1. The number of para-hydroxylation sites is 1. The van der Waals surface area contributed by atoms with Gasteiger partial charge in [0.15, 0.2) is 0 Å². The number of hydrogen-bond acceptors (Lipinski definition) is 5. The van der Waals surface area contributed by atoms with Crippen molar-refractivity contribution in [1.29, 1.82) is 0 Å². The number of likely N-dealkylation sites (tertiary alicyclic amines) is 1. The number of pyridine rings is 1. The molecule has 2 aliphatic rings. The minimum Gasteiger partial charge on any atom is -0.383 e. The number of piperidine rings is 1. The Kier molecular flexibility index (Phi) is 5.52. The lowest BCUT2D eigenvalue weighted by Gasteiger charge is -2.50. The van der Waals surface area contributed by atoms with Crippen LogP contribution in [0.5, 0.6) is 0 Å². The zero-order valence-corrected chi connectivity index (χ0v) is 17.3. The molecule has 5 rings (SSSR count). The number of nitrogens with zero attached hydrogens (tertiary/aromatic N) is 3. The van der Waals surface area contributed by atoms with Gasteiger partial charge in [-0.05, 0) is 29.7 Å². The van der Waals surface area contributed by atoms with Crippen molar-refractivity contribution in [2.45, 2.75) is 24.6 Å². The molecule has 1 aromatic heterocycles. The number of benzene rings is 2. The van der Waals surface area contributed by atoms with Gasteiger partial charge in [-0.15, -0.1) is 0 Å². The van der Waals surface area contributed by atoms with Gasteiger partial charge in [-0.2, -0.15) is 0 Å². The van der Waals surface area contributed by atoms with Crippen molar-refractivity contribution < 1.29 is 9.84 Å². The third-order valence-corrected chi connectivity index (χ3v) is 6.68. The first-order valence-corrected chi connectivity index (χ1v) is 10.9. The van der Waals surface area contributed by atoms with Crippen molar-refractivity contribution >= 4 is 10.9 Å². The number of morpholine rings is 1. The number of rotatable bonds is 4. The van der Waals surface area contributed by atoms with Gasteiger partial charge in [-0.1, -0.05) is 48.5 Å². The number of aliphatic hydroxyl groups is 1. The van der Waals surface area contributed by atoms with Crippen LogP contribution in [0.4, 0.5) is 0 Å². The normalized spacial score (nSPS) is 26.1. The molecule has 2 aromatic carbocycles. The molecule has 2 aliphatic heterocycles. The Bertz CT molecular complexity index is 985. The van der Waals surface area contributed by atoms with E-state index in [0.29, 0.717) is 0 Å². The summed E-state index contributed by atoms with van der Waals surface area (Å²) in [7, 11) is 0. The highest BCUT2D eigenvalue weighted by atomic mass is 16.5. The van der Waals surface area contributed by atoms with Crippen LogP contribution >= 0.6 is 0 Å². The van der Waals surface area contributed by atoms with Crippen LogP contribution < -0.4 is 0 Å². The van der Waals surface area contributed by atoms with Gasteiger partial charge in [0.25, 0.3) is 0 Å². The van der Waals surface area contributed by atoms with Gasteiger partial charge in [0.2, 0.25) is 0 Å². The predicted octanol–water partition coefficient (Wildman–Crippen LogP) is 3.03. The second-order valence-corrected chi connectivity index (χ2v) is 8.43. The van der Waals surface area contributed by atoms with Crippen LogP contribution in [-0.4, -0.2) is 65.3 Å². The van der Waals surface area contributed by atoms with Crippen LogP contribution in [0.3, 0.4) is 0 Å². The van der Waals surface area contributed by atoms with Crippen molar-refractivity contribution in [3.05, 3.63) is 78.0 Å². The van der Waals surface area contributed by atoms with E-state index in [2.05, 4.69) is 51.2 Å². The molecule has 0 bridgehead atoms. The molecule has 0 radical (unpaired) electrons. The first-order chi connectivity index (χ1) is 14.7. The Hall–Kier alpha value is -2.31. The summed E-state index contributed by atoms with van der Waals surface area (Å²) in [6.07, 6.45) is 2.63. The Labute approximate surface area is 177 Å². The lowest BCUT2D eigenvalue weighted by atomic mass is 9.79. The molecule has 0 spiro atoms. The van der Waals surface area contributed by atoms with Crippen LogP contribution in [0.15, 0.2) is 66.9 Å². The molecule has 5 heteroatoms. The van der Waals surface area contributed by atoms with E-state index < -0.39 is 5.60 Å². The molecule has 156 valence electrons. The molecule has 3 aromatic rings. The molecule has 0 unspecified atom stereocenters. The molecule has 2 atom stereocenters. The van der Waals surface area contributed by atoms with Gasteiger partial charge >= 0.3 is 0 Å². The number of ether oxygens (including phenoxy) is 1. The van der Waals surface area contributed by atoms with E-state index in [-0.39, 0.29) is 6.04 Å². The van der Waals surface area contributed by atoms with Crippen molar-refractivity contribution in [2.24, 2.45) is 0 Å². The predicted molar refractivity (Wildman–Crippen MR) is 118 cm³/mol. The molecule has 2 fully saturated rings. The Morgan fingerprint density at radius 2 is 1.73 bits per heavy atom. The number of fused-ring (bicyclic) bond motifs is 1. The second kappa shape index (κ2) is 8.44. The Balaban J connectivity index is 1.43. The number of aromatic nitrogens is 1. The third-order valence-electron chi connectivity index (χ3n) is 6.68. The van der Waals surface area contributed by atoms with Gasteiger partial charge in [0.05, 0.1) is 24.8 Å². The molecule has 3 heterocycles. The van der Waals surface area contributed by atoms with E-state index in [1.54, 1.807) is 0 Å². The summed E-state index contributed by atoms with van der Waals surface area (Å²) in [5, 5.41) is 13.1. The van der Waals surface area contributed by atoms with E-state index in [1.165, 1.54) is 10.9 Å². The summed E-state index contributed by atoms with van der Waals surface area (Å²) in [6, 6.07) is 20.7. The molecule has 5 nitrogen and oxygen atoms in total. The van der Waals surface area contributed by atoms with E-state index in [9.17, 15) is 5.11 Å². The third kappa shape index (κ3) is 3.74. The smallest absolute Gasteiger partial charge is 0.108 e. The fourth-order valence-electron chi connectivity index (χ4n) is 5.03. The van der Waals surface area contributed by atoms with Gasteiger partial charge in [-0.25, -0.2) is 0 Å². The van der Waals surface area contributed by atoms with Crippen molar-refractivity contribution in [2.75, 3.05) is 39.4 Å². The highest BCUT2D eigenvalue weighted by Crippen LogP contribution is 2.37. The first kappa shape index (κ1) is 19.6. The minimum absolute atomic E-state index is 0.0469. The van der Waals surface area contributed by atoms with Crippen LogP contribution in [0, 0.1) is 0 Å². The molecule has 0 saturated carbocycles. The van der Waals surface area contributed by atoms with Gasteiger partial charge < -0.3 is 9.84 Å². The van der Waals surface area contributed by atoms with Gasteiger partial charge in [0, 0.05) is 44.3 Å². The van der Waals surface area contributed by atoms with Crippen LogP contribution in [0.1, 0.15) is 17.5 Å². The van der Waals surface area contributed by atoms with E-state index in [1.807, 2.05) is 30.5 Å². The summed E-state index contributed by atoms with van der Waals surface area (Å²) in [5.74, 6) is 0. The summed E-state index contributed by atoms with van der Waals surface area (Å²) >= 11 is 0. The first-order valence-electron chi connectivity index (χ1n) is 10.9. The monoisotopic (exact) mass is 403 g/mol. The lowest BCUT2D eigenvalue weighted by Crippen LogP contribution is -2.62. The molecule has 30 heavy (non-hydrogen) atoms. The average molecular weight is 404 g/mol. The molecular weight excluding hydrogens is 374 g/mol. The maximum atomic E-state index is 11.9. The molecule has 2 saturated heterocycles. The van der Waals surface area contributed by atoms with Crippen molar-refractivity contribution in [1.82, 2.24) is 14.8 Å². The quantitative estimate of drug-likeness (QED) is 0.726. The summed E-state index contributed by atoms with van der Waals surface area (Å²) in [6.45, 7) is 5.77. The molecule has 0 aliphatic carbocycles. The van der Waals surface area contributed by atoms with Crippen molar-refractivity contribution in [3.63, 3.8) is 0 Å². The largest absolute Gasteiger partial charge is 0.383 e.